The lowest BCUT2D eigenvalue weighted by Gasteiger charge is -2.32. The maximum atomic E-state index is 10.0. The number of methoxy groups -OCH3 is 1. The summed E-state index contributed by atoms with van der Waals surface area (Å²) in [5.41, 5.74) is 8.06. The summed E-state index contributed by atoms with van der Waals surface area (Å²) in [4.78, 5) is 18.1. The van der Waals surface area contributed by atoms with Crippen molar-refractivity contribution in [3.8, 4) is 5.75 Å². The molecule has 3 N–H and O–H groups in total. The monoisotopic (exact) mass is 405 g/mol. The number of anilines is 1. The number of aromatic nitrogens is 6. The summed E-state index contributed by atoms with van der Waals surface area (Å²) in [5, 5.41) is 15.5. The van der Waals surface area contributed by atoms with Gasteiger partial charge >= 0.3 is 0 Å². The molecular formula is C21H23N7O2. The highest BCUT2D eigenvalue weighted by molar-refractivity contribution is 5.93. The Bertz CT molecular complexity index is 1240. The van der Waals surface area contributed by atoms with Gasteiger partial charge in [-0.3, -0.25) is 9.97 Å². The van der Waals surface area contributed by atoms with E-state index in [1.165, 1.54) is 0 Å². The first kappa shape index (κ1) is 18.7. The van der Waals surface area contributed by atoms with Gasteiger partial charge in [-0.1, -0.05) is 0 Å². The number of hydrogen-bond donors (Lipinski definition) is 2. The number of fused-ring (bicyclic) bond motifs is 3. The summed E-state index contributed by atoms with van der Waals surface area (Å²) in [5.74, 6) is 2.33. The third-order valence-electron chi connectivity index (χ3n) is 5.74. The van der Waals surface area contributed by atoms with E-state index in [1.807, 2.05) is 18.2 Å². The van der Waals surface area contributed by atoms with E-state index in [4.69, 9.17) is 15.5 Å². The molecule has 0 spiro atoms. The van der Waals surface area contributed by atoms with Crippen molar-refractivity contribution in [3.05, 3.63) is 47.8 Å². The molecule has 30 heavy (non-hydrogen) atoms. The van der Waals surface area contributed by atoms with E-state index >= 15 is 0 Å². The van der Waals surface area contributed by atoms with Crippen molar-refractivity contribution in [1.29, 1.82) is 0 Å². The molecule has 1 fully saturated rings. The van der Waals surface area contributed by atoms with Gasteiger partial charge in [-0.15, -0.1) is 5.10 Å². The zero-order valence-corrected chi connectivity index (χ0v) is 17.1. The molecule has 1 aliphatic carbocycles. The fourth-order valence-electron chi connectivity index (χ4n) is 3.86. The Labute approximate surface area is 173 Å². The smallest absolute Gasteiger partial charge is 0.223 e. The van der Waals surface area contributed by atoms with Crippen molar-refractivity contribution in [2.75, 3.05) is 12.8 Å². The van der Waals surface area contributed by atoms with Gasteiger partial charge in [0.15, 0.2) is 11.5 Å². The van der Waals surface area contributed by atoms with Crippen molar-refractivity contribution in [3.63, 3.8) is 0 Å². The van der Waals surface area contributed by atoms with Gasteiger partial charge in [-0.2, -0.15) is 4.52 Å². The second-order valence-corrected chi connectivity index (χ2v) is 8.31. The van der Waals surface area contributed by atoms with E-state index in [-0.39, 0.29) is 5.92 Å². The van der Waals surface area contributed by atoms with E-state index in [9.17, 15) is 5.11 Å². The summed E-state index contributed by atoms with van der Waals surface area (Å²) < 4.78 is 6.88. The van der Waals surface area contributed by atoms with Gasteiger partial charge in [0.25, 0.3) is 0 Å². The number of hydrogen-bond acceptors (Lipinski definition) is 8. The van der Waals surface area contributed by atoms with Gasteiger partial charge in [-0.05, 0) is 38.8 Å². The second kappa shape index (κ2) is 6.60. The summed E-state index contributed by atoms with van der Waals surface area (Å²) in [6, 6.07) is 5.65. The maximum Gasteiger partial charge on any atom is 0.223 e. The molecule has 4 aromatic rings. The number of aliphatic hydroxyl groups is 1. The van der Waals surface area contributed by atoms with Gasteiger partial charge in [0.1, 0.15) is 11.4 Å². The van der Waals surface area contributed by atoms with Crippen LogP contribution in [-0.4, -0.2) is 41.8 Å². The van der Waals surface area contributed by atoms with Crippen LogP contribution < -0.4 is 10.5 Å². The molecule has 0 unspecified atom stereocenters. The zero-order valence-electron chi connectivity index (χ0n) is 17.1. The van der Waals surface area contributed by atoms with Crippen molar-refractivity contribution in [1.82, 2.24) is 29.5 Å². The number of rotatable bonds is 4. The SMILES string of the molecule is COc1ccc2c(c1)nc(N)n1nc([C@H]3C[C@H](c4cnc(C(C)(C)O)cn4)C3)nc21. The summed E-state index contributed by atoms with van der Waals surface area (Å²) in [6.45, 7) is 3.40. The van der Waals surface area contributed by atoms with Gasteiger partial charge in [0.05, 0.1) is 30.2 Å². The predicted octanol–water partition coefficient (Wildman–Crippen LogP) is 2.55. The van der Waals surface area contributed by atoms with Crippen molar-refractivity contribution in [2.45, 2.75) is 44.1 Å². The van der Waals surface area contributed by atoms with Gasteiger partial charge in [0.2, 0.25) is 5.95 Å². The predicted molar refractivity (Wildman–Crippen MR) is 111 cm³/mol. The van der Waals surface area contributed by atoms with Crippen LogP contribution in [0.25, 0.3) is 16.6 Å². The van der Waals surface area contributed by atoms with Crippen LogP contribution in [-0.2, 0) is 5.60 Å². The van der Waals surface area contributed by atoms with Crippen molar-refractivity contribution >= 4 is 22.5 Å². The Morgan fingerprint density at radius 3 is 2.60 bits per heavy atom. The summed E-state index contributed by atoms with van der Waals surface area (Å²) in [7, 11) is 1.62. The molecule has 0 atom stereocenters. The van der Waals surface area contributed by atoms with Crippen LogP contribution in [0.2, 0.25) is 0 Å². The quantitative estimate of drug-likeness (QED) is 0.531. The van der Waals surface area contributed by atoms with Crippen molar-refractivity contribution in [2.24, 2.45) is 0 Å². The molecule has 5 rings (SSSR count). The van der Waals surface area contributed by atoms with Gasteiger partial charge in [0, 0.05) is 29.5 Å². The summed E-state index contributed by atoms with van der Waals surface area (Å²) in [6.07, 6.45) is 5.20. The largest absolute Gasteiger partial charge is 0.497 e. The molecule has 1 aliphatic rings. The Kier molecular flexibility index (Phi) is 4.11. The Morgan fingerprint density at radius 1 is 1.13 bits per heavy atom. The molecule has 0 aliphatic heterocycles. The molecule has 0 radical (unpaired) electrons. The topological polar surface area (TPSA) is 124 Å². The highest BCUT2D eigenvalue weighted by Crippen LogP contribution is 2.46. The van der Waals surface area contributed by atoms with Gasteiger partial charge < -0.3 is 15.6 Å². The first-order valence-electron chi connectivity index (χ1n) is 9.88. The third kappa shape index (κ3) is 3.02. The standard InChI is InChI=1S/C21H23N7O2/c1-21(2,29)17-10-23-16(9-24-17)11-6-12(7-11)18-26-19-14-5-4-13(30-3)8-15(14)25-20(22)28(19)27-18/h4-5,8-12,29H,6-7H2,1-3H3,(H2,22,25)/t11-,12-. The number of nitrogens with zero attached hydrogens (tertiary/aromatic N) is 6. The van der Waals surface area contributed by atoms with Crippen LogP contribution in [0, 0.1) is 0 Å². The average Bonchev–Trinajstić information content (AvgIpc) is 3.12. The van der Waals surface area contributed by atoms with Gasteiger partial charge in [-0.25, -0.2) is 9.97 Å². The molecule has 154 valence electrons. The molecule has 1 aromatic carbocycles. The van der Waals surface area contributed by atoms with Crippen LogP contribution in [0.3, 0.4) is 0 Å². The number of nitrogen functional groups attached to an aromatic ring is 1. The van der Waals surface area contributed by atoms with E-state index in [0.29, 0.717) is 23.2 Å². The fraction of sp³-hybridized carbons (Fsp3) is 0.381. The normalized spacial score (nSPS) is 19.2. The lowest BCUT2D eigenvalue weighted by molar-refractivity contribution is 0.0733. The molecule has 3 aromatic heterocycles. The second-order valence-electron chi connectivity index (χ2n) is 8.31. The average molecular weight is 405 g/mol. The molecule has 0 saturated heterocycles. The van der Waals surface area contributed by atoms with E-state index in [1.54, 1.807) is 37.9 Å². The fourth-order valence-corrected chi connectivity index (χ4v) is 3.86. The molecule has 0 amide bonds. The van der Waals surface area contributed by atoms with Crippen LogP contribution in [0.15, 0.2) is 30.6 Å². The maximum absolute atomic E-state index is 10.0. The molecule has 0 bridgehead atoms. The highest BCUT2D eigenvalue weighted by Gasteiger charge is 2.36. The number of benzene rings is 1. The van der Waals surface area contributed by atoms with Crippen LogP contribution in [0.1, 0.15) is 55.7 Å². The van der Waals surface area contributed by atoms with Crippen LogP contribution in [0.5, 0.6) is 5.75 Å². The molecule has 9 heteroatoms. The Balaban J connectivity index is 1.40. The molecule has 1 saturated carbocycles. The zero-order chi connectivity index (χ0) is 21.0. The lowest BCUT2D eigenvalue weighted by atomic mass is 9.73. The van der Waals surface area contributed by atoms with E-state index < -0.39 is 5.60 Å². The molecular weight excluding hydrogens is 382 g/mol. The highest BCUT2D eigenvalue weighted by atomic mass is 16.5. The Hall–Kier alpha value is -3.33. The first-order valence-corrected chi connectivity index (χ1v) is 9.88. The molecule has 9 nitrogen and oxygen atoms in total. The van der Waals surface area contributed by atoms with Crippen LogP contribution >= 0.6 is 0 Å². The minimum Gasteiger partial charge on any atom is -0.497 e. The first-order chi connectivity index (χ1) is 14.3. The minimum absolute atomic E-state index is 0.235. The number of nitrogens with two attached hydrogens (primary N) is 1. The minimum atomic E-state index is -0.991. The van der Waals surface area contributed by atoms with Crippen molar-refractivity contribution < 1.29 is 9.84 Å². The molecule has 3 heterocycles. The number of ether oxygens (including phenoxy) is 1. The lowest BCUT2D eigenvalue weighted by Crippen LogP contribution is -2.23. The Morgan fingerprint density at radius 2 is 1.93 bits per heavy atom. The van der Waals surface area contributed by atoms with E-state index in [2.05, 4.69) is 20.1 Å². The van der Waals surface area contributed by atoms with Crippen LogP contribution in [0.4, 0.5) is 5.95 Å². The van der Waals surface area contributed by atoms with E-state index in [0.717, 1.165) is 41.0 Å². The third-order valence-corrected chi connectivity index (χ3v) is 5.74. The summed E-state index contributed by atoms with van der Waals surface area (Å²) >= 11 is 0.